The second-order valence-electron chi connectivity index (χ2n) is 4.56. The Kier molecular flexibility index (Phi) is 4.66. The monoisotopic (exact) mass is 361 g/mol. The number of hydrogen-bond acceptors (Lipinski definition) is 4. The summed E-state index contributed by atoms with van der Waals surface area (Å²) in [5, 5.41) is 9.14. The van der Waals surface area contributed by atoms with Crippen molar-refractivity contribution in [3.8, 4) is 17.3 Å². The lowest BCUT2D eigenvalue weighted by molar-refractivity contribution is -0.289. The van der Waals surface area contributed by atoms with E-state index in [9.17, 15) is 26.7 Å². The molecule has 1 aromatic heterocycles. The van der Waals surface area contributed by atoms with Crippen molar-refractivity contribution in [2.24, 2.45) is 0 Å². The molecule has 0 aliphatic rings. The molecule has 0 aliphatic heterocycles. The molecule has 1 aromatic carbocycles. The summed E-state index contributed by atoms with van der Waals surface area (Å²) in [6.07, 6.45) is -4.20. The van der Waals surface area contributed by atoms with Gasteiger partial charge in [0.2, 0.25) is 0 Å². The molecule has 0 fully saturated rings. The van der Waals surface area contributed by atoms with Crippen LogP contribution in [0.5, 0.6) is 0 Å². The highest BCUT2D eigenvalue weighted by Crippen LogP contribution is 2.44. The normalized spacial score (nSPS) is 12.0. The van der Waals surface area contributed by atoms with Crippen LogP contribution in [-0.4, -0.2) is 22.4 Å². The van der Waals surface area contributed by atoms with Crippen LogP contribution in [-0.2, 0) is 5.92 Å². The first-order chi connectivity index (χ1) is 11.1. The molecule has 2 rings (SSSR count). The van der Waals surface area contributed by atoms with Crippen LogP contribution in [0.1, 0.15) is 11.1 Å². The van der Waals surface area contributed by atoms with E-state index >= 15 is 0 Å². The lowest BCUT2D eigenvalue weighted by Crippen LogP contribution is -2.33. The van der Waals surface area contributed by atoms with E-state index in [-0.39, 0.29) is 16.4 Å². The smallest absolute Gasteiger partial charge is 0.300 e. The molecule has 0 atom stereocenters. The second kappa shape index (κ2) is 6.24. The van der Waals surface area contributed by atoms with Gasteiger partial charge in [0.1, 0.15) is 11.6 Å². The number of nitrogens with zero attached hydrogens (tertiary/aromatic N) is 2. The number of benzene rings is 1. The van der Waals surface area contributed by atoms with Crippen LogP contribution >= 0.6 is 11.8 Å². The minimum atomic E-state index is -5.77. The molecule has 0 unspecified atom stereocenters. The number of aromatic nitrogens is 2. The van der Waals surface area contributed by atoms with E-state index in [2.05, 4.69) is 9.97 Å². The van der Waals surface area contributed by atoms with Gasteiger partial charge in [-0.05, 0) is 12.3 Å². The minimum absolute atomic E-state index is 0.0991. The van der Waals surface area contributed by atoms with Crippen LogP contribution in [0, 0.1) is 11.3 Å². The number of nitriles is 1. The maximum Gasteiger partial charge on any atom is 0.458 e. The van der Waals surface area contributed by atoms with Gasteiger partial charge >= 0.3 is 12.1 Å². The zero-order valence-electron chi connectivity index (χ0n) is 11.9. The number of hydrogen-bond donors (Lipinski definition) is 1. The van der Waals surface area contributed by atoms with Gasteiger partial charge in [0.25, 0.3) is 5.56 Å². The Hall–Kier alpha value is -2.41. The van der Waals surface area contributed by atoms with Crippen LogP contribution in [0.25, 0.3) is 11.3 Å². The Balaban J connectivity index is 2.69. The van der Waals surface area contributed by atoms with Crippen LogP contribution in [0.2, 0.25) is 0 Å². The molecular weight excluding hydrogens is 353 g/mol. The molecule has 1 N–H and O–H groups in total. The molecule has 0 bridgehead atoms. The van der Waals surface area contributed by atoms with E-state index in [4.69, 9.17) is 5.26 Å². The minimum Gasteiger partial charge on any atom is -0.300 e. The highest BCUT2D eigenvalue weighted by atomic mass is 32.2. The Morgan fingerprint density at radius 1 is 1.25 bits per heavy atom. The van der Waals surface area contributed by atoms with Gasteiger partial charge in [-0.25, -0.2) is 4.98 Å². The summed E-state index contributed by atoms with van der Waals surface area (Å²) in [5.74, 6) is -5.07. The maximum absolute atomic E-state index is 13.5. The second-order valence-corrected chi connectivity index (χ2v) is 5.36. The third-order valence-corrected chi connectivity index (χ3v) is 3.64. The summed E-state index contributed by atoms with van der Waals surface area (Å²) in [7, 11) is 0. The first-order valence-electron chi connectivity index (χ1n) is 6.25. The van der Waals surface area contributed by atoms with Crippen molar-refractivity contribution in [2.45, 2.75) is 17.3 Å². The Morgan fingerprint density at radius 2 is 1.92 bits per heavy atom. The average molecular weight is 361 g/mol. The third-order valence-electron chi connectivity index (χ3n) is 3.06. The summed E-state index contributed by atoms with van der Waals surface area (Å²) >= 11 is 1.02. The largest absolute Gasteiger partial charge is 0.458 e. The molecule has 0 amide bonds. The van der Waals surface area contributed by atoms with E-state index in [1.165, 1.54) is 6.07 Å². The van der Waals surface area contributed by atoms with Gasteiger partial charge in [-0.2, -0.15) is 27.2 Å². The van der Waals surface area contributed by atoms with Crippen molar-refractivity contribution < 1.29 is 22.0 Å². The fourth-order valence-corrected chi connectivity index (χ4v) is 2.26. The molecule has 2 aromatic rings. The van der Waals surface area contributed by atoms with E-state index in [0.29, 0.717) is 12.1 Å². The molecule has 126 valence electrons. The van der Waals surface area contributed by atoms with Gasteiger partial charge in [0, 0.05) is 11.1 Å². The van der Waals surface area contributed by atoms with Gasteiger partial charge in [-0.15, -0.1) is 0 Å². The fraction of sp³-hybridized carbons (Fsp3) is 0.214. The SMILES string of the molecule is CSc1nc(-c2cccc(C(F)(F)C(F)(F)F)c2)c(C#N)c(=O)[nH]1. The fourth-order valence-electron chi connectivity index (χ4n) is 1.89. The van der Waals surface area contributed by atoms with Crippen LogP contribution in [0.15, 0.2) is 34.2 Å². The van der Waals surface area contributed by atoms with E-state index in [1.807, 2.05) is 0 Å². The standard InChI is InChI=1S/C14H8F5N3OS/c1-24-12-21-10(9(6-20)11(23)22-12)7-3-2-4-8(5-7)13(15,16)14(17,18)19/h2-5H,1H3,(H,21,22,23). The predicted octanol–water partition coefficient (Wildman–Crippen LogP) is 3.68. The summed E-state index contributed by atoms with van der Waals surface area (Å²) < 4.78 is 64.5. The highest BCUT2D eigenvalue weighted by Gasteiger charge is 2.58. The summed E-state index contributed by atoms with van der Waals surface area (Å²) in [6.45, 7) is 0. The van der Waals surface area contributed by atoms with Crippen LogP contribution in [0.3, 0.4) is 0 Å². The molecule has 0 spiro atoms. The number of alkyl halides is 5. The molecular formula is C14H8F5N3OS. The summed E-state index contributed by atoms with van der Waals surface area (Å²) in [4.78, 5) is 18.0. The van der Waals surface area contributed by atoms with Gasteiger partial charge in [0.05, 0.1) is 5.69 Å². The van der Waals surface area contributed by atoms with Gasteiger partial charge < -0.3 is 4.98 Å². The topological polar surface area (TPSA) is 69.5 Å². The van der Waals surface area contributed by atoms with E-state index < -0.39 is 28.8 Å². The van der Waals surface area contributed by atoms with Crippen molar-refractivity contribution in [1.82, 2.24) is 9.97 Å². The number of aromatic amines is 1. The third kappa shape index (κ3) is 3.12. The van der Waals surface area contributed by atoms with Crippen molar-refractivity contribution in [2.75, 3.05) is 6.26 Å². The molecule has 10 heteroatoms. The first-order valence-corrected chi connectivity index (χ1v) is 7.48. The molecule has 24 heavy (non-hydrogen) atoms. The molecule has 1 heterocycles. The zero-order valence-corrected chi connectivity index (χ0v) is 12.7. The van der Waals surface area contributed by atoms with Gasteiger partial charge in [0.15, 0.2) is 5.16 Å². The maximum atomic E-state index is 13.5. The van der Waals surface area contributed by atoms with Crippen molar-refractivity contribution in [3.05, 3.63) is 45.7 Å². The molecule has 0 saturated carbocycles. The van der Waals surface area contributed by atoms with Crippen molar-refractivity contribution in [3.63, 3.8) is 0 Å². The van der Waals surface area contributed by atoms with Gasteiger partial charge in [-0.3, -0.25) is 4.79 Å². The number of rotatable bonds is 3. The quantitative estimate of drug-likeness (QED) is 0.514. The number of halogens is 5. The first kappa shape index (κ1) is 17.9. The average Bonchev–Trinajstić information content (AvgIpc) is 2.53. The number of nitrogens with one attached hydrogen (secondary N) is 1. The van der Waals surface area contributed by atoms with Crippen LogP contribution < -0.4 is 5.56 Å². The highest BCUT2D eigenvalue weighted by molar-refractivity contribution is 7.98. The van der Waals surface area contributed by atoms with Crippen molar-refractivity contribution >= 4 is 11.8 Å². The Bertz CT molecular complexity index is 870. The van der Waals surface area contributed by atoms with E-state index in [1.54, 1.807) is 12.3 Å². The lowest BCUT2D eigenvalue weighted by atomic mass is 10.0. The van der Waals surface area contributed by atoms with Crippen molar-refractivity contribution in [1.29, 1.82) is 5.26 Å². The summed E-state index contributed by atoms with van der Waals surface area (Å²) in [6, 6.07) is 4.94. The summed E-state index contributed by atoms with van der Waals surface area (Å²) in [5.41, 5.74) is -3.02. The van der Waals surface area contributed by atoms with Crippen LogP contribution in [0.4, 0.5) is 22.0 Å². The molecule has 0 saturated heterocycles. The number of thioether (sulfide) groups is 1. The number of H-pyrrole nitrogens is 1. The Morgan fingerprint density at radius 3 is 2.46 bits per heavy atom. The van der Waals surface area contributed by atoms with E-state index in [0.717, 1.165) is 17.8 Å². The van der Waals surface area contributed by atoms with Gasteiger partial charge in [-0.1, -0.05) is 30.0 Å². The molecule has 4 nitrogen and oxygen atoms in total. The molecule has 0 aliphatic carbocycles. The Labute approximate surface area is 136 Å². The zero-order chi connectivity index (χ0) is 18.1. The molecule has 0 radical (unpaired) electrons. The lowest BCUT2D eigenvalue weighted by Gasteiger charge is -2.20. The predicted molar refractivity (Wildman–Crippen MR) is 76.7 cm³/mol.